The molecule has 0 unspecified atom stereocenters. The first-order valence-corrected chi connectivity index (χ1v) is 11.3. The Balaban J connectivity index is 3.40. The first-order chi connectivity index (χ1) is 13.5. The van der Waals surface area contributed by atoms with E-state index in [-0.39, 0.29) is 0 Å². The van der Waals surface area contributed by atoms with Gasteiger partial charge in [-0.05, 0) is 64.0 Å². The van der Waals surface area contributed by atoms with Crippen molar-refractivity contribution in [3.8, 4) is 0 Å². The van der Waals surface area contributed by atoms with Crippen LogP contribution < -0.4 is 21.5 Å². The van der Waals surface area contributed by atoms with Crippen molar-refractivity contribution < 1.29 is 0 Å². The Bertz CT molecular complexity index is 447. The molecule has 0 atom stereocenters. The van der Waals surface area contributed by atoms with Crippen LogP contribution in [-0.2, 0) is 0 Å². The first kappa shape index (κ1) is 26.7. The molecular formula is C20H40N6S2. The minimum absolute atomic E-state index is 0.564. The highest BCUT2D eigenvalue weighted by molar-refractivity contribution is 7.80. The molecule has 0 aromatic rings. The van der Waals surface area contributed by atoms with Crippen molar-refractivity contribution in [2.75, 3.05) is 14.1 Å². The molecule has 8 heteroatoms. The van der Waals surface area contributed by atoms with Crippen molar-refractivity contribution >= 4 is 46.1 Å². The third-order valence-corrected chi connectivity index (χ3v) is 5.07. The molecule has 0 spiro atoms. The van der Waals surface area contributed by atoms with E-state index in [9.17, 15) is 0 Å². The van der Waals surface area contributed by atoms with Crippen LogP contribution in [0.3, 0.4) is 0 Å². The predicted octanol–water partition coefficient (Wildman–Crippen LogP) is 4.61. The molecule has 0 fully saturated rings. The number of hydrazone groups is 2. The summed E-state index contributed by atoms with van der Waals surface area (Å²) in [5.41, 5.74) is 7.88. The molecule has 0 amide bonds. The van der Waals surface area contributed by atoms with Crippen LogP contribution in [0.4, 0.5) is 0 Å². The zero-order chi connectivity index (χ0) is 21.0. The molecule has 0 aliphatic carbocycles. The van der Waals surface area contributed by atoms with Crippen LogP contribution in [0.2, 0.25) is 0 Å². The van der Waals surface area contributed by atoms with Gasteiger partial charge in [-0.25, -0.2) is 0 Å². The summed E-state index contributed by atoms with van der Waals surface area (Å²) >= 11 is 9.99. The molecule has 0 aromatic carbocycles. The van der Waals surface area contributed by atoms with Crippen molar-refractivity contribution in [1.29, 1.82) is 0 Å². The zero-order valence-corrected chi connectivity index (χ0v) is 19.8. The van der Waals surface area contributed by atoms with E-state index in [1.54, 1.807) is 14.1 Å². The highest BCUT2D eigenvalue weighted by Crippen LogP contribution is 2.12. The van der Waals surface area contributed by atoms with Crippen LogP contribution in [0.5, 0.6) is 0 Å². The molecule has 4 N–H and O–H groups in total. The highest BCUT2D eigenvalue weighted by Gasteiger charge is 1.97. The lowest BCUT2D eigenvalue weighted by Crippen LogP contribution is -2.29. The third-order valence-electron chi connectivity index (χ3n) is 4.48. The molecule has 0 aliphatic rings. The van der Waals surface area contributed by atoms with Crippen LogP contribution >= 0.6 is 24.4 Å². The van der Waals surface area contributed by atoms with Gasteiger partial charge in [-0.15, -0.1) is 0 Å². The normalized spacial score (nSPS) is 11.9. The van der Waals surface area contributed by atoms with Gasteiger partial charge < -0.3 is 10.6 Å². The van der Waals surface area contributed by atoms with E-state index in [0.29, 0.717) is 10.2 Å². The molecule has 0 saturated carbocycles. The molecule has 0 saturated heterocycles. The van der Waals surface area contributed by atoms with Crippen molar-refractivity contribution in [2.45, 2.75) is 90.9 Å². The summed E-state index contributed by atoms with van der Waals surface area (Å²) in [6.45, 7) is 4.10. The van der Waals surface area contributed by atoms with Crippen LogP contribution in [-0.4, -0.2) is 35.7 Å². The average molecular weight is 429 g/mol. The maximum Gasteiger partial charge on any atom is 0.186 e. The number of hydrogen-bond donors (Lipinski definition) is 4. The molecule has 0 bridgehead atoms. The van der Waals surface area contributed by atoms with Crippen molar-refractivity contribution in [2.24, 2.45) is 10.2 Å². The van der Waals surface area contributed by atoms with E-state index < -0.39 is 0 Å². The van der Waals surface area contributed by atoms with Gasteiger partial charge >= 0.3 is 0 Å². The minimum Gasteiger partial charge on any atom is -0.364 e. The van der Waals surface area contributed by atoms with Gasteiger partial charge in [-0.3, -0.25) is 10.9 Å². The van der Waals surface area contributed by atoms with Crippen LogP contribution in [0, 0.1) is 0 Å². The number of thiocarbonyl (C=S) groups is 2. The third kappa shape index (κ3) is 18.1. The monoisotopic (exact) mass is 428 g/mol. The number of hydrogen-bond acceptors (Lipinski definition) is 4. The van der Waals surface area contributed by atoms with E-state index in [1.165, 1.54) is 64.2 Å². The smallest absolute Gasteiger partial charge is 0.186 e. The highest BCUT2D eigenvalue weighted by atomic mass is 32.1. The Kier molecular flexibility index (Phi) is 18.2. The second-order valence-corrected chi connectivity index (χ2v) is 7.93. The van der Waals surface area contributed by atoms with Crippen LogP contribution in [0.1, 0.15) is 90.9 Å². The van der Waals surface area contributed by atoms with Gasteiger partial charge in [-0.2, -0.15) is 10.2 Å². The van der Waals surface area contributed by atoms with E-state index in [1.807, 2.05) is 13.8 Å². The number of unbranched alkanes of at least 4 members (excludes halogenated alkanes) is 9. The molecule has 0 rings (SSSR count). The summed E-state index contributed by atoms with van der Waals surface area (Å²) in [4.78, 5) is 0. The molecule has 28 heavy (non-hydrogen) atoms. The van der Waals surface area contributed by atoms with Crippen molar-refractivity contribution in [3.63, 3.8) is 0 Å². The van der Waals surface area contributed by atoms with Gasteiger partial charge in [0, 0.05) is 25.5 Å². The lowest BCUT2D eigenvalue weighted by molar-refractivity contribution is 0.556. The maximum absolute atomic E-state index is 4.99. The average Bonchev–Trinajstić information content (AvgIpc) is 2.70. The summed E-state index contributed by atoms with van der Waals surface area (Å²) in [5, 5.41) is 15.3. The lowest BCUT2D eigenvalue weighted by Gasteiger charge is -2.05. The molecule has 6 nitrogen and oxygen atoms in total. The first-order valence-electron chi connectivity index (χ1n) is 10.5. The van der Waals surface area contributed by atoms with Gasteiger partial charge in [0.05, 0.1) is 0 Å². The number of nitrogens with one attached hydrogen (secondary N) is 4. The van der Waals surface area contributed by atoms with Crippen molar-refractivity contribution in [3.05, 3.63) is 0 Å². The summed E-state index contributed by atoms with van der Waals surface area (Å²) in [5.74, 6) is 0. The topological polar surface area (TPSA) is 72.8 Å². The number of rotatable bonds is 15. The largest absolute Gasteiger partial charge is 0.364 e. The lowest BCUT2D eigenvalue weighted by atomic mass is 10.0. The quantitative estimate of drug-likeness (QED) is 0.132. The van der Waals surface area contributed by atoms with E-state index >= 15 is 0 Å². The standard InChI is InChI=1S/C20H40N6S2/c1-17(23-25-19(27)21-3)15-13-11-9-7-5-6-8-10-12-14-16-18(2)24-26-20(28)22-4/h5-16H2,1-4H3,(H2,21,25,27)(H2,22,26,28)/b23-17-,24-18-. The second kappa shape index (κ2) is 19.1. The van der Waals surface area contributed by atoms with Gasteiger partial charge in [0.25, 0.3) is 0 Å². The molecule has 0 aliphatic heterocycles. The number of nitrogens with zero attached hydrogens (tertiary/aromatic N) is 2. The summed E-state index contributed by atoms with van der Waals surface area (Å²) < 4.78 is 0. The van der Waals surface area contributed by atoms with E-state index in [0.717, 1.165) is 24.3 Å². The molecule has 162 valence electrons. The maximum atomic E-state index is 4.99. The Labute approximate surface area is 182 Å². The van der Waals surface area contributed by atoms with E-state index in [4.69, 9.17) is 24.4 Å². The fourth-order valence-electron chi connectivity index (χ4n) is 2.69. The summed E-state index contributed by atoms with van der Waals surface area (Å²) in [6.07, 6.45) is 15.1. The Morgan fingerprint density at radius 3 is 1.14 bits per heavy atom. The van der Waals surface area contributed by atoms with Gasteiger partial charge in [0.2, 0.25) is 0 Å². The van der Waals surface area contributed by atoms with Gasteiger partial charge in [0.1, 0.15) is 0 Å². The van der Waals surface area contributed by atoms with Crippen LogP contribution in [0.25, 0.3) is 0 Å². The van der Waals surface area contributed by atoms with E-state index in [2.05, 4.69) is 31.7 Å². The fraction of sp³-hybridized carbons (Fsp3) is 0.800. The molecule has 0 radical (unpaired) electrons. The predicted molar refractivity (Wildman–Crippen MR) is 131 cm³/mol. The Morgan fingerprint density at radius 1 is 0.571 bits per heavy atom. The van der Waals surface area contributed by atoms with Crippen LogP contribution in [0.15, 0.2) is 10.2 Å². The van der Waals surface area contributed by atoms with Gasteiger partial charge in [-0.1, -0.05) is 51.4 Å². The molecule has 0 heterocycles. The Morgan fingerprint density at radius 2 is 0.857 bits per heavy atom. The summed E-state index contributed by atoms with van der Waals surface area (Å²) in [6, 6.07) is 0. The van der Waals surface area contributed by atoms with Crippen molar-refractivity contribution in [1.82, 2.24) is 21.5 Å². The second-order valence-electron chi connectivity index (χ2n) is 7.11. The molecular weight excluding hydrogens is 388 g/mol. The minimum atomic E-state index is 0.564. The van der Waals surface area contributed by atoms with Gasteiger partial charge in [0.15, 0.2) is 10.2 Å². The molecule has 0 aromatic heterocycles. The summed E-state index contributed by atoms with van der Waals surface area (Å²) in [7, 11) is 3.58. The SMILES string of the molecule is CNC(=S)N/N=C(/C)CCCCCCCCCCCC/C(C)=N\NC(=S)NC. The zero-order valence-electron chi connectivity index (χ0n) is 18.2. The fourth-order valence-corrected chi connectivity index (χ4v) is 2.78. The Hall–Kier alpha value is -1.28.